The number of pyridine rings is 3. The molecule has 11 nitrogen and oxygen atoms in total. The van der Waals surface area contributed by atoms with Crippen molar-refractivity contribution in [3.63, 3.8) is 0 Å². The molecule has 0 radical (unpaired) electrons. The largest absolute Gasteiger partial charge is 0.497 e. The number of hydrogen-bond acceptors (Lipinski definition) is 10. The van der Waals surface area contributed by atoms with E-state index < -0.39 is 0 Å². The van der Waals surface area contributed by atoms with E-state index in [1.165, 1.54) is 0 Å². The third-order valence-electron chi connectivity index (χ3n) is 9.83. The molecule has 11 heteroatoms. The number of benzene rings is 3. The smallest absolute Gasteiger partial charge is 0.200 e. The molecular formula is C44H44N4O7. The number of nitrogens with one attached hydrogen (secondary N) is 1. The van der Waals surface area contributed by atoms with Crippen LogP contribution in [-0.4, -0.2) is 54.9 Å². The zero-order valence-corrected chi connectivity index (χ0v) is 31.5. The second-order valence-electron chi connectivity index (χ2n) is 13.7. The van der Waals surface area contributed by atoms with Crippen molar-refractivity contribution in [3.8, 4) is 39.9 Å². The first-order chi connectivity index (χ1) is 26.8. The minimum atomic E-state index is -0.297. The molecule has 6 aromatic rings. The normalized spacial score (nSPS) is 13.0. The Morgan fingerprint density at radius 2 is 1.58 bits per heavy atom. The monoisotopic (exact) mass is 740 g/mol. The summed E-state index contributed by atoms with van der Waals surface area (Å²) in [6, 6.07) is 24.6. The average molecular weight is 741 g/mol. The summed E-state index contributed by atoms with van der Waals surface area (Å²) in [5.41, 5.74) is 4.44. The fraction of sp³-hybridized carbons (Fsp3) is 0.273. The van der Waals surface area contributed by atoms with Gasteiger partial charge in [-0.2, -0.15) is 0 Å². The summed E-state index contributed by atoms with van der Waals surface area (Å²) in [7, 11) is 4.79. The van der Waals surface area contributed by atoms with E-state index in [4.69, 9.17) is 28.7 Å². The van der Waals surface area contributed by atoms with Gasteiger partial charge in [0.1, 0.15) is 23.1 Å². The molecule has 0 aliphatic carbocycles. The molecule has 1 saturated heterocycles. The van der Waals surface area contributed by atoms with Gasteiger partial charge in [0, 0.05) is 67.5 Å². The van der Waals surface area contributed by atoms with E-state index in [2.05, 4.69) is 10.3 Å². The van der Waals surface area contributed by atoms with Gasteiger partial charge in [-0.05, 0) is 67.1 Å². The van der Waals surface area contributed by atoms with Crippen molar-refractivity contribution in [2.75, 3.05) is 39.9 Å². The van der Waals surface area contributed by atoms with Crippen LogP contribution in [0.4, 0.5) is 5.82 Å². The fourth-order valence-corrected chi connectivity index (χ4v) is 6.70. The lowest BCUT2D eigenvalue weighted by molar-refractivity contribution is 0.0612. The molecule has 1 N–H and O–H groups in total. The first-order valence-electron chi connectivity index (χ1n) is 18.3. The van der Waals surface area contributed by atoms with Crippen LogP contribution in [0, 0.1) is 12.8 Å². The summed E-state index contributed by atoms with van der Waals surface area (Å²) in [6.45, 7) is 4.66. The Bertz CT molecular complexity index is 2330. The van der Waals surface area contributed by atoms with Crippen molar-refractivity contribution >= 4 is 22.5 Å². The van der Waals surface area contributed by atoms with Gasteiger partial charge in [0.05, 0.1) is 45.0 Å². The Balaban J connectivity index is 1.13. The number of fused-ring (bicyclic) bond motifs is 1. The van der Waals surface area contributed by atoms with Crippen LogP contribution < -0.4 is 29.7 Å². The van der Waals surface area contributed by atoms with Crippen LogP contribution in [0.2, 0.25) is 0 Å². The van der Waals surface area contributed by atoms with Gasteiger partial charge >= 0.3 is 0 Å². The van der Waals surface area contributed by atoms with Crippen LogP contribution in [0.15, 0.2) is 102 Å². The summed E-state index contributed by atoms with van der Waals surface area (Å²) in [5, 5.41) is 4.09. The molecule has 0 bridgehead atoms. The van der Waals surface area contributed by atoms with Gasteiger partial charge in [0.15, 0.2) is 22.7 Å². The molecule has 0 atom stereocenters. The third-order valence-corrected chi connectivity index (χ3v) is 9.83. The molecule has 7 rings (SSSR count). The quantitative estimate of drug-likeness (QED) is 0.110. The minimum Gasteiger partial charge on any atom is -0.497 e. The summed E-state index contributed by atoms with van der Waals surface area (Å²) < 4.78 is 30.4. The molecule has 4 heterocycles. The average Bonchev–Trinajstić information content (AvgIpc) is 3.21. The molecule has 0 amide bonds. The Morgan fingerprint density at radius 3 is 2.27 bits per heavy atom. The molecule has 55 heavy (non-hydrogen) atoms. The molecule has 3 aromatic carbocycles. The van der Waals surface area contributed by atoms with Crippen molar-refractivity contribution in [1.29, 1.82) is 0 Å². The second kappa shape index (κ2) is 16.9. The van der Waals surface area contributed by atoms with Crippen LogP contribution >= 0.6 is 0 Å². The van der Waals surface area contributed by atoms with Gasteiger partial charge in [-0.15, -0.1) is 0 Å². The SMILES string of the molecule is COc1ccc(CNc2cc(Oc3ccc(CC(=O)c4cn(CC5CCOCC5)cc(-c5ccc(C)cc5)c4=O)nc3)c3cc(OC)c(OC)cc3n2)cc1. The van der Waals surface area contributed by atoms with Gasteiger partial charge in [0.2, 0.25) is 0 Å². The van der Waals surface area contributed by atoms with E-state index in [1.54, 1.807) is 51.9 Å². The predicted octanol–water partition coefficient (Wildman–Crippen LogP) is 8.05. The maximum absolute atomic E-state index is 13.8. The number of rotatable bonds is 14. The number of carbonyl (C=O) groups excluding carboxylic acids is 1. The van der Waals surface area contributed by atoms with Crippen molar-refractivity contribution < 1.29 is 28.5 Å². The molecular weight excluding hydrogens is 697 g/mol. The summed E-state index contributed by atoms with van der Waals surface area (Å²) >= 11 is 0. The summed E-state index contributed by atoms with van der Waals surface area (Å²) in [6.07, 6.45) is 6.98. The van der Waals surface area contributed by atoms with E-state index in [0.717, 1.165) is 48.5 Å². The van der Waals surface area contributed by atoms with Crippen molar-refractivity contribution in [1.82, 2.24) is 14.5 Å². The standard InChI is InChI=1S/C44H44N4O7/c1-28-5-9-31(10-6-28)36-26-48(25-30-15-17-54-18-16-30)27-37(44(36)50)39(49)19-32-11-14-34(24-45-32)55-40-22-43(46-23-29-7-12-33(51-2)13-8-29)47-38-21-42(53-4)41(52-3)20-35(38)40/h5-14,20-22,24,26-27,30H,15-19,23,25H2,1-4H3,(H,46,47). The van der Waals surface area contributed by atoms with Crippen molar-refractivity contribution in [2.24, 2.45) is 5.92 Å². The molecule has 0 unspecified atom stereocenters. The van der Waals surface area contributed by atoms with Crippen LogP contribution in [0.5, 0.6) is 28.7 Å². The maximum atomic E-state index is 13.8. The topological polar surface area (TPSA) is 123 Å². The number of carbonyl (C=O) groups is 1. The van der Waals surface area contributed by atoms with Gasteiger partial charge < -0.3 is 33.6 Å². The maximum Gasteiger partial charge on any atom is 0.200 e. The third kappa shape index (κ3) is 8.79. The van der Waals surface area contributed by atoms with Gasteiger partial charge in [-0.1, -0.05) is 42.0 Å². The number of hydrogen-bond donors (Lipinski definition) is 1. The highest BCUT2D eigenvalue weighted by Gasteiger charge is 2.21. The van der Waals surface area contributed by atoms with Crippen LogP contribution in [0.1, 0.15) is 40.0 Å². The Morgan fingerprint density at radius 1 is 0.855 bits per heavy atom. The number of Topliss-reactive ketones (excluding diaryl/α,β-unsaturated/α-hetero) is 1. The second-order valence-corrected chi connectivity index (χ2v) is 13.7. The van der Waals surface area contributed by atoms with E-state index in [-0.39, 0.29) is 23.2 Å². The highest BCUT2D eigenvalue weighted by atomic mass is 16.5. The van der Waals surface area contributed by atoms with Crippen LogP contribution in [0.3, 0.4) is 0 Å². The molecule has 0 spiro atoms. The summed E-state index contributed by atoms with van der Waals surface area (Å²) in [4.78, 5) is 37.1. The first-order valence-corrected chi connectivity index (χ1v) is 18.3. The summed E-state index contributed by atoms with van der Waals surface area (Å²) in [5.74, 6) is 3.53. The number of methoxy groups -OCH3 is 3. The lowest BCUT2D eigenvalue weighted by Crippen LogP contribution is -2.25. The van der Waals surface area contributed by atoms with Gasteiger partial charge in [0.25, 0.3) is 0 Å². The Labute approximate surface area is 319 Å². The molecule has 3 aromatic heterocycles. The molecule has 1 aliphatic heterocycles. The van der Waals surface area contributed by atoms with Crippen molar-refractivity contribution in [3.05, 3.63) is 130 Å². The van der Waals surface area contributed by atoms with E-state index in [9.17, 15) is 9.59 Å². The highest BCUT2D eigenvalue weighted by Crippen LogP contribution is 2.38. The lowest BCUT2D eigenvalue weighted by Gasteiger charge is -2.23. The van der Waals surface area contributed by atoms with E-state index in [1.807, 2.05) is 78.4 Å². The number of anilines is 1. The first kappa shape index (κ1) is 37.1. The van der Waals surface area contributed by atoms with Gasteiger partial charge in [-0.25, -0.2) is 4.98 Å². The fourth-order valence-electron chi connectivity index (χ4n) is 6.70. The zero-order valence-electron chi connectivity index (χ0n) is 31.5. The van der Waals surface area contributed by atoms with E-state index in [0.29, 0.717) is 70.0 Å². The molecule has 0 saturated carbocycles. The number of aryl methyl sites for hydroxylation is 1. The minimum absolute atomic E-state index is 0.0429. The van der Waals surface area contributed by atoms with Crippen molar-refractivity contribution in [2.45, 2.75) is 39.3 Å². The Kier molecular flexibility index (Phi) is 11.4. The molecule has 282 valence electrons. The number of ketones is 1. The van der Waals surface area contributed by atoms with E-state index >= 15 is 0 Å². The number of nitrogens with zero attached hydrogens (tertiary/aromatic N) is 3. The van der Waals surface area contributed by atoms with Gasteiger partial charge in [-0.3, -0.25) is 14.6 Å². The predicted molar refractivity (Wildman–Crippen MR) is 212 cm³/mol. The molecule has 1 fully saturated rings. The zero-order chi connectivity index (χ0) is 38.3. The highest BCUT2D eigenvalue weighted by molar-refractivity contribution is 5.98. The van der Waals surface area contributed by atoms with Crippen LogP contribution in [0.25, 0.3) is 22.0 Å². The Hall–Kier alpha value is -6.20. The number of ether oxygens (including phenoxy) is 5. The molecule has 1 aliphatic rings. The van der Waals surface area contributed by atoms with Crippen LogP contribution in [-0.2, 0) is 24.2 Å². The number of aromatic nitrogens is 3. The lowest BCUT2D eigenvalue weighted by atomic mass is 9.98.